The van der Waals surface area contributed by atoms with Gasteiger partial charge in [-0.1, -0.05) is 6.92 Å². The number of hydrogen-bond donors (Lipinski definition) is 2. The Bertz CT molecular complexity index is 317. The summed E-state index contributed by atoms with van der Waals surface area (Å²) in [5.41, 5.74) is 6.00. The van der Waals surface area contributed by atoms with Crippen molar-refractivity contribution in [3.63, 3.8) is 0 Å². The third-order valence-electron chi connectivity index (χ3n) is 3.67. The molecule has 0 aromatic carbocycles. The highest BCUT2D eigenvalue weighted by Crippen LogP contribution is 2.28. The summed E-state index contributed by atoms with van der Waals surface area (Å²) in [7, 11) is 3.36. The first-order valence-electron chi connectivity index (χ1n) is 6.60. The minimum Gasteiger partial charge on any atom is -0.347 e. The van der Waals surface area contributed by atoms with Crippen LogP contribution >= 0.6 is 0 Å². The Morgan fingerprint density at radius 2 is 1.94 bits per heavy atom. The molecule has 0 aliphatic heterocycles. The number of nitrogens with one attached hydrogen (secondary N) is 1. The second kappa shape index (κ2) is 6.18. The first-order valence-corrected chi connectivity index (χ1v) is 6.60. The van der Waals surface area contributed by atoms with Crippen LogP contribution in [-0.2, 0) is 9.59 Å². The number of hydrogen-bond acceptors (Lipinski definition) is 3. The summed E-state index contributed by atoms with van der Waals surface area (Å²) in [6.07, 6.45) is 2.78. The third kappa shape index (κ3) is 3.70. The second-order valence-electron chi connectivity index (χ2n) is 5.65. The predicted molar refractivity (Wildman–Crippen MR) is 70.8 cm³/mol. The van der Waals surface area contributed by atoms with E-state index in [4.69, 9.17) is 5.73 Å². The van der Waals surface area contributed by atoms with Crippen molar-refractivity contribution in [2.45, 2.75) is 45.2 Å². The van der Waals surface area contributed by atoms with Crippen molar-refractivity contribution in [1.82, 2.24) is 10.2 Å². The lowest BCUT2D eigenvalue weighted by molar-refractivity contribution is -0.135. The van der Waals surface area contributed by atoms with E-state index in [1.165, 1.54) is 4.90 Å². The molecule has 4 atom stereocenters. The fourth-order valence-electron chi connectivity index (χ4n) is 2.48. The van der Waals surface area contributed by atoms with E-state index >= 15 is 0 Å². The zero-order chi connectivity index (χ0) is 13.9. The number of carbonyl (C=O) groups is 2. The van der Waals surface area contributed by atoms with Crippen molar-refractivity contribution in [2.24, 2.45) is 17.6 Å². The SMILES string of the molecule is CC1CCC(N)C(C(=O)NC(C)C(=O)N(C)C)C1. The van der Waals surface area contributed by atoms with Crippen molar-refractivity contribution >= 4 is 11.8 Å². The van der Waals surface area contributed by atoms with Crippen LogP contribution in [-0.4, -0.2) is 42.9 Å². The van der Waals surface area contributed by atoms with Crippen LogP contribution < -0.4 is 11.1 Å². The van der Waals surface area contributed by atoms with Gasteiger partial charge < -0.3 is 16.0 Å². The predicted octanol–water partition coefficient (Wildman–Crippen LogP) is 0.343. The molecule has 3 N–H and O–H groups in total. The van der Waals surface area contributed by atoms with Crippen LogP contribution in [0, 0.1) is 11.8 Å². The average Bonchev–Trinajstić information content (AvgIpc) is 2.30. The Balaban J connectivity index is 2.56. The third-order valence-corrected chi connectivity index (χ3v) is 3.67. The van der Waals surface area contributed by atoms with E-state index in [9.17, 15) is 9.59 Å². The Morgan fingerprint density at radius 3 is 2.50 bits per heavy atom. The Kier molecular flexibility index (Phi) is 5.14. The molecule has 0 spiro atoms. The molecule has 5 nitrogen and oxygen atoms in total. The van der Waals surface area contributed by atoms with Gasteiger partial charge in [-0.05, 0) is 32.1 Å². The van der Waals surface area contributed by atoms with Crippen LogP contribution in [0.5, 0.6) is 0 Å². The minimum absolute atomic E-state index is 0.0807. The summed E-state index contributed by atoms with van der Waals surface area (Å²) in [6, 6.07) is -0.570. The number of nitrogens with two attached hydrogens (primary N) is 1. The molecule has 0 aromatic heterocycles. The number of rotatable bonds is 3. The molecule has 0 saturated heterocycles. The van der Waals surface area contributed by atoms with Crippen molar-refractivity contribution in [3.05, 3.63) is 0 Å². The van der Waals surface area contributed by atoms with E-state index in [-0.39, 0.29) is 23.8 Å². The topological polar surface area (TPSA) is 75.4 Å². The highest BCUT2D eigenvalue weighted by atomic mass is 16.2. The van der Waals surface area contributed by atoms with E-state index in [0.29, 0.717) is 5.92 Å². The van der Waals surface area contributed by atoms with Crippen molar-refractivity contribution < 1.29 is 9.59 Å². The molecule has 2 amide bonds. The Morgan fingerprint density at radius 1 is 1.33 bits per heavy atom. The van der Waals surface area contributed by atoms with Gasteiger partial charge in [-0.15, -0.1) is 0 Å². The first kappa shape index (κ1) is 15.0. The van der Waals surface area contributed by atoms with Crippen LogP contribution in [0.25, 0.3) is 0 Å². The van der Waals surface area contributed by atoms with E-state index in [1.54, 1.807) is 21.0 Å². The molecule has 0 heterocycles. The summed E-state index contributed by atoms with van der Waals surface area (Å²) in [5, 5.41) is 2.77. The fourth-order valence-corrected chi connectivity index (χ4v) is 2.48. The van der Waals surface area contributed by atoms with Gasteiger partial charge in [0.2, 0.25) is 11.8 Å². The minimum atomic E-state index is -0.489. The zero-order valence-corrected chi connectivity index (χ0v) is 11.8. The molecule has 5 heteroatoms. The van der Waals surface area contributed by atoms with Gasteiger partial charge >= 0.3 is 0 Å². The number of likely N-dealkylation sites (N-methyl/N-ethyl adjacent to an activating group) is 1. The molecule has 1 fully saturated rings. The van der Waals surface area contributed by atoms with E-state index in [2.05, 4.69) is 12.2 Å². The van der Waals surface area contributed by atoms with Gasteiger partial charge in [0.25, 0.3) is 0 Å². The standard InChI is InChI=1S/C13H25N3O2/c1-8-5-6-11(14)10(7-8)12(17)15-9(2)13(18)16(3)4/h8-11H,5-7,14H2,1-4H3,(H,15,17). The maximum absolute atomic E-state index is 12.1. The van der Waals surface area contributed by atoms with Crippen LogP contribution in [0.2, 0.25) is 0 Å². The highest BCUT2D eigenvalue weighted by Gasteiger charge is 2.32. The fraction of sp³-hybridized carbons (Fsp3) is 0.846. The normalized spacial score (nSPS) is 29.5. The molecule has 18 heavy (non-hydrogen) atoms. The monoisotopic (exact) mass is 255 g/mol. The zero-order valence-electron chi connectivity index (χ0n) is 11.8. The molecule has 1 aliphatic rings. The van der Waals surface area contributed by atoms with Gasteiger partial charge in [-0.2, -0.15) is 0 Å². The molecule has 1 rings (SSSR count). The molecule has 104 valence electrons. The molecular formula is C13H25N3O2. The summed E-state index contributed by atoms with van der Waals surface area (Å²) in [4.78, 5) is 25.3. The first-order chi connectivity index (χ1) is 8.32. The summed E-state index contributed by atoms with van der Waals surface area (Å²) < 4.78 is 0. The van der Waals surface area contributed by atoms with Crippen molar-refractivity contribution in [1.29, 1.82) is 0 Å². The number of amides is 2. The van der Waals surface area contributed by atoms with Gasteiger partial charge in [0.05, 0.1) is 5.92 Å². The van der Waals surface area contributed by atoms with E-state index in [0.717, 1.165) is 19.3 Å². The van der Waals surface area contributed by atoms with Crippen molar-refractivity contribution in [3.8, 4) is 0 Å². The lowest BCUT2D eigenvalue weighted by Gasteiger charge is -2.32. The number of nitrogens with zero attached hydrogens (tertiary/aromatic N) is 1. The molecule has 0 bridgehead atoms. The van der Waals surface area contributed by atoms with Gasteiger partial charge in [0.15, 0.2) is 0 Å². The second-order valence-corrected chi connectivity index (χ2v) is 5.65. The summed E-state index contributed by atoms with van der Waals surface area (Å²) >= 11 is 0. The lowest BCUT2D eigenvalue weighted by Crippen LogP contribution is -2.51. The number of carbonyl (C=O) groups excluding carboxylic acids is 2. The quantitative estimate of drug-likeness (QED) is 0.763. The molecule has 1 saturated carbocycles. The maximum atomic E-state index is 12.1. The maximum Gasteiger partial charge on any atom is 0.244 e. The van der Waals surface area contributed by atoms with Gasteiger partial charge in [0, 0.05) is 20.1 Å². The van der Waals surface area contributed by atoms with E-state index < -0.39 is 6.04 Å². The highest BCUT2D eigenvalue weighted by molar-refractivity contribution is 5.88. The largest absolute Gasteiger partial charge is 0.347 e. The average molecular weight is 255 g/mol. The smallest absolute Gasteiger partial charge is 0.244 e. The molecule has 0 aromatic rings. The Hall–Kier alpha value is -1.10. The molecular weight excluding hydrogens is 230 g/mol. The molecule has 0 radical (unpaired) electrons. The van der Waals surface area contributed by atoms with Crippen LogP contribution in [0.1, 0.15) is 33.1 Å². The van der Waals surface area contributed by atoms with Crippen molar-refractivity contribution in [2.75, 3.05) is 14.1 Å². The van der Waals surface area contributed by atoms with Crippen LogP contribution in [0.4, 0.5) is 0 Å². The molecule has 4 unspecified atom stereocenters. The van der Waals surface area contributed by atoms with E-state index in [1.807, 2.05) is 0 Å². The Labute approximate surface area is 109 Å². The van der Waals surface area contributed by atoms with Gasteiger partial charge in [-0.3, -0.25) is 9.59 Å². The summed E-state index contributed by atoms with van der Waals surface area (Å²) in [6.45, 7) is 3.85. The van der Waals surface area contributed by atoms with Crippen LogP contribution in [0.3, 0.4) is 0 Å². The lowest BCUT2D eigenvalue weighted by atomic mass is 9.78. The molecule has 1 aliphatic carbocycles. The van der Waals surface area contributed by atoms with Gasteiger partial charge in [0.1, 0.15) is 6.04 Å². The van der Waals surface area contributed by atoms with Gasteiger partial charge in [-0.25, -0.2) is 0 Å². The van der Waals surface area contributed by atoms with Crippen LogP contribution in [0.15, 0.2) is 0 Å². The summed E-state index contributed by atoms with van der Waals surface area (Å²) in [5.74, 6) is 0.184.